The van der Waals surface area contributed by atoms with Gasteiger partial charge in [-0.05, 0) is 56.2 Å². The zero-order chi connectivity index (χ0) is 26.7. The maximum atomic E-state index is 13.3. The van der Waals surface area contributed by atoms with Crippen molar-refractivity contribution in [3.05, 3.63) is 82.3 Å². The van der Waals surface area contributed by atoms with Crippen LogP contribution in [-0.4, -0.2) is 78.5 Å². The van der Waals surface area contributed by atoms with Crippen molar-refractivity contribution >= 4 is 17.9 Å². The van der Waals surface area contributed by atoms with Gasteiger partial charge in [0.1, 0.15) is 5.82 Å². The number of carbonyl (C=O) groups is 3. The van der Waals surface area contributed by atoms with E-state index in [1.807, 2.05) is 38.1 Å². The Morgan fingerprint density at radius 3 is 2.46 bits per heavy atom. The van der Waals surface area contributed by atoms with E-state index in [9.17, 15) is 18.8 Å². The van der Waals surface area contributed by atoms with Gasteiger partial charge in [0.25, 0.3) is 5.91 Å². The zero-order valence-electron chi connectivity index (χ0n) is 21.7. The van der Waals surface area contributed by atoms with Crippen LogP contribution in [0.3, 0.4) is 0 Å². The van der Waals surface area contributed by atoms with Crippen LogP contribution in [0.25, 0.3) is 0 Å². The molecule has 2 aliphatic heterocycles. The molecular formula is C28H33FN4O4. The van der Waals surface area contributed by atoms with Gasteiger partial charge in [-0.15, -0.1) is 0 Å². The standard InChI is InChI=1S/C28H33FN4O4/c1-5-37-27(35)24-23(31(4)28(36)30-25(24)22-9-7-6-8-18(22)2)17-32-14-15-33(19(3)16-32)26(34)20-10-12-21(29)13-11-20/h6-13,19,25H,5,14-17H2,1-4H3,(H,30,36)/t19-,25+/m1/s1. The number of amides is 3. The molecule has 196 valence electrons. The predicted molar refractivity (Wildman–Crippen MR) is 137 cm³/mol. The second kappa shape index (κ2) is 11.1. The molecule has 0 bridgehead atoms. The van der Waals surface area contributed by atoms with Crippen molar-refractivity contribution in [3.63, 3.8) is 0 Å². The van der Waals surface area contributed by atoms with Crippen molar-refractivity contribution < 1.29 is 23.5 Å². The third-order valence-electron chi connectivity index (χ3n) is 7.01. The van der Waals surface area contributed by atoms with Crippen LogP contribution in [0.2, 0.25) is 0 Å². The monoisotopic (exact) mass is 508 g/mol. The number of aryl methyl sites for hydroxylation is 1. The molecule has 9 heteroatoms. The highest BCUT2D eigenvalue weighted by Gasteiger charge is 2.39. The Morgan fingerprint density at radius 2 is 1.81 bits per heavy atom. The largest absolute Gasteiger partial charge is 0.463 e. The van der Waals surface area contributed by atoms with Crippen LogP contribution in [0.15, 0.2) is 59.8 Å². The van der Waals surface area contributed by atoms with Gasteiger partial charge >= 0.3 is 12.0 Å². The van der Waals surface area contributed by atoms with Gasteiger partial charge in [-0.2, -0.15) is 0 Å². The van der Waals surface area contributed by atoms with E-state index in [1.165, 1.54) is 29.2 Å². The predicted octanol–water partition coefficient (Wildman–Crippen LogP) is 3.49. The molecule has 2 aromatic carbocycles. The molecule has 3 amide bonds. The summed E-state index contributed by atoms with van der Waals surface area (Å²) in [6, 6.07) is 12.2. The van der Waals surface area contributed by atoms with Gasteiger partial charge in [0, 0.05) is 50.5 Å². The molecule has 37 heavy (non-hydrogen) atoms. The summed E-state index contributed by atoms with van der Waals surface area (Å²) in [6.07, 6.45) is 0. The molecule has 0 unspecified atom stereocenters. The molecule has 1 fully saturated rings. The number of nitrogens with zero attached hydrogens (tertiary/aromatic N) is 3. The Kier molecular flexibility index (Phi) is 7.92. The lowest BCUT2D eigenvalue weighted by Gasteiger charge is -2.42. The van der Waals surface area contributed by atoms with Crippen molar-refractivity contribution in [1.82, 2.24) is 20.0 Å². The van der Waals surface area contributed by atoms with E-state index >= 15 is 0 Å². The van der Waals surface area contributed by atoms with Crippen LogP contribution >= 0.6 is 0 Å². The lowest BCUT2D eigenvalue weighted by molar-refractivity contribution is -0.139. The maximum absolute atomic E-state index is 13.3. The van der Waals surface area contributed by atoms with E-state index in [0.717, 1.165) is 11.1 Å². The molecule has 0 aliphatic carbocycles. The van der Waals surface area contributed by atoms with Crippen molar-refractivity contribution in [3.8, 4) is 0 Å². The van der Waals surface area contributed by atoms with Crippen LogP contribution < -0.4 is 5.32 Å². The number of piperazine rings is 1. The van der Waals surface area contributed by atoms with E-state index in [1.54, 1.807) is 18.9 Å². The molecule has 1 saturated heterocycles. The van der Waals surface area contributed by atoms with E-state index in [0.29, 0.717) is 43.0 Å². The molecule has 2 aliphatic rings. The number of esters is 1. The lowest BCUT2D eigenvalue weighted by atomic mass is 9.91. The number of hydrogen-bond donors (Lipinski definition) is 1. The minimum atomic E-state index is -0.627. The Bertz CT molecular complexity index is 1210. The maximum Gasteiger partial charge on any atom is 0.338 e. The van der Waals surface area contributed by atoms with Crippen molar-refractivity contribution in [1.29, 1.82) is 0 Å². The van der Waals surface area contributed by atoms with E-state index in [-0.39, 0.29) is 30.4 Å². The Morgan fingerprint density at radius 1 is 1.11 bits per heavy atom. The number of nitrogens with one attached hydrogen (secondary N) is 1. The molecule has 0 radical (unpaired) electrons. The number of carbonyl (C=O) groups excluding carboxylic acids is 3. The second-order valence-corrected chi connectivity index (χ2v) is 9.47. The quantitative estimate of drug-likeness (QED) is 0.604. The summed E-state index contributed by atoms with van der Waals surface area (Å²) >= 11 is 0. The average molecular weight is 509 g/mol. The first-order chi connectivity index (χ1) is 17.7. The van der Waals surface area contributed by atoms with Crippen LogP contribution in [0.4, 0.5) is 9.18 Å². The normalized spacial score (nSPS) is 20.6. The molecule has 1 N–H and O–H groups in total. The molecule has 4 rings (SSSR count). The first kappa shape index (κ1) is 26.3. The zero-order valence-corrected chi connectivity index (χ0v) is 21.7. The Hall–Kier alpha value is -3.72. The SMILES string of the molecule is CCOC(=O)C1=C(CN2CCN(C(=O)c3ccc(F)cc3)[C@H](C)C2)N(C)C(=O)N[C@H]1c1ccccc1C. The number of likely N-dealkylation sites (N-methyl/N-ethyl adjacent to an activating group) is 1. The number of ether oxygens (including phenoxy) is 1. The van der Waals surface area contributed by atoms with Crippen molar-refractivity contribution in [2.75, 3.05) is 39.8 Å². The topological polar surface area (TPSA) is 82.2 Å². The third kappa shape index (κ3) is 5.51. The number of rotatable bonds is 6. The van der Waals surface area contributed by atoms with Gasteiger partial charge in [0.15, 0.2) is 0 Å². The molecular weight excluding hydrogens is 475 g/mol. The summed E-state index contributed by atoms with van der Waals surface area (Å²) in [7, 11) is 1.65. The molecule has 2 heterocycles. The summed E-state index contributed by atoms with van der Waals surface area (Å²) in [4.78, 5) is 44.6. The molecule has 0 saturated carbocycles. The fourth-order valence-corrected chi connectivity index (χ4v) is 4.99. The Balaban J connectivity index is 1.60. The molecule has 2 atom stereocenters. The number of halogens is 1. The van der Waals surface area contributed by atoms with Gasteiger partial charge in [-0.1, -0.05) is 24.3 Å². The fraction of sp³-hybridized carbons (Fsp3) is 0.393. The Labute approximate surface area is 216 Å². The number of hydrogen-bond acceptors (Lipinski definition) is 5. The lowest BCUT2D eigenvalue weighted by Crippen LogP contribution is -2.56. The number of benzene rings is 2. The van der Waals surface area contributed by atoms with E-state index in [2.05, 4.69) is 10.2 Å². The average Bonchev–Trinajstić information content (AvgIpc) is 2.87. The summed E-state index contributed by atoms with van der Waals surface area (Å²) in [5.41, 5.74) is 3.24. The van der Waals surface area contributed by atoms with E-state index < -0.39 is 12.0 Å². The highest BCUT2D eigenvalue weighted by Crippen LogP contribution is 2.33. The minimum absolute atomic E-state index is 0.118. The highest BCUT2D eigenvalue weighted by atomic mass is 19.1. The summed E-state index contributed by atoms with van der Waals surface area (Å²) < 4.78 is 18.7. The number of urea groups is 1. The van der Waals surface area contributed by atoms with Gasteiger partial charge in [0.2, 0.25) is 0 Å². The smallest absolute Gasteiger partial charge is 0.338 e. The third-order valence-corrected chi connectivity index (χ3v) is 7.01. The first-order valence-corrected chi connectivity index (χ1v) is 12.5. The van der Waals surface area contributed by atoms with Crippen LogP contribution in [0.5, 0.6) is 0 Å². The van der Waals surface area contributed by atoms with Crippen LogP contribution in [-0.2, 0) is 9.53 Å². The summed E-state index contributed by atoms with van der Waals surface area (Å²) in [6.45, 7) is 7.81. The first-order valence-electron chi connectivity index (χ1n) is 12.5. The van der Waals surface area contributed by atoms with Crippen molar-refractivity contribution in [2.45, 2.75) is 32.9 Å². The van der Waals surface area contributed by atoms with Gasteiger partial charge in [-0.25, -0.2) is 14.0 Å². The van der Waals surface area contributed by atoms with Gasteiger partial charge < -0.3 is 15.0 Å². The van der Waals surface area contributed by atoms with Gasteiger partial charge in [0.05, 0.1) is 18.2 Å². The van der Waals surface area contributed by atoms with Crippen molar-refractivity contribution in [2.24, 2.45) is 0 Å². The van der Waals surface area contributed by atoms with Crippen LogP contribution in [0, 0.1) is 12.7 Å². The van der Waals surface area contributed by atoms with Crippen LogP contribution in [0.1, 0.15) is 41.4 Å². The molecule has 0 spiro atoms. The highest BCUT2D eigenvalue weighted by molar-refractivity contribution is 5.95. The molecule has 8 nitrogen and oxygen atoms in total. The molecule has 2 aromatic rings. The fourth-order valence-electron chi connectivity index (χ4n) is 4.99. The van der Waals surface area contributed by atoms with E-state index in [4.69, 9.17) is 4.74 Å². The second-order valence-electron chi connectivity index (χ2n) is 9.47. The summed E-state index contributed by atoms with van der Waals surface area (Å²) in [5.74, 6) is -0.993. The minimum Gasteiger partial charge on any atom is -0.463 e. The summed E-state index contributed by atoms with van der Waals surface area (Å²) in [5, 5.41) is 2.96. The molecule has 0 aromatic heterocycles. The van der Waals surface area contributed by atoms with Gasteiger partial charge in [-0.3, -0.25) is 14.6 Å².